The lowest BCUT2D eigenvalue weighted by atomic mass is 10.1. The summed E-state index contributed by atoms with van der Waals surface area (Å²) >= 11 is -0.204. The number of aryl methyl sites for hydroxylation is 2. The lowest BCUT2D eigenvalue weighted by molar-refractivity contribution is -0.144. The van der Waals surface area contributed by atoms with E-state index in [1.807, 2.05) is 0 Å². The van der Waals surface area contributed by atoms with Crippen LogP contribution in [0.15, 0.2) is 34.2 Å². The summed E-state index contributed by atoms with van der Waals surface area (Å²) in [7, 11) is 3.11. The summed E-state index contributed by atoms with van der Waals surface area (Å²) in [5.41, 5.74) is 1.22. The van der Waals surface area contributed by atoms with Crippen molar-refractivity contribution in [2.45, 2.75) is 22.8 Å². The van der Waals surface area contributed by atoms with Gasteiger partial charge in [0.1, 0.15) is 11.5 Å². The number of rotatable bonds is 2. The van der Waals surface area contributed by atoms with Gasteiger partial charge in [0.15, 0.2) is 0 Å². The highest BCUT2D eigenvalue weighted by Gasteiger charge is 2.42. The van der Waals surface area contributed by atoms with E-state index in [4.69, 9.17) is 0 Å². The molecule has 0 saturated carbocycles. The molecule has 0 aliphatic carbocycles. The fourth-order valence-corrected chi connectivity index (χ4v) is 6.88. The first-order chi connectivity index (χ1) is 15.7. The van der Waals surface area contributed by atoms with E-state index >= 15 is 0 Å². The van der Waals surface area contributed by atoms with E-state index < -0.39 is 29.1 Å². The molecule has 1 aromatic carbocycles. The van der Waals surface area contributed by atoms with Crippen LogP contribution in [0.1, 0.15) is 16.1 Å². The second-order valence-electron chi connectivity index (χ2n) is 8.05. The molecule has 0 radical (unpaired) electrons. The smallest absolute Gasteiger partial charge is 0.311 e. The van der Waals surface area contributed by atoms with Crippen LogP contribution >= 0.6 is 11.8 Å². The number of aromatic nitrogens is 1. The fraction of sp³-hybridized carbons (Fsp3) is 0.381. The van der Waals surface area contributed by atoms with E-state index in [9.17, 15) is 23.3 Å². The molecule has 2 aliphatic rings. The maximum absolute atomic E-state index is 13.6. The van der Waals surface area contributed by atoms with Crippen LogP contribution in [-0.4, -0.2) is 63.7 Å². The number of likely N-dealkylation sites (tertiary alicyclic amines) is 1. The average Bonchev–Trinajstić information content (AvgIpc) is 3.32. The molecular formula is C21H24FN5O4S2. The first-order valence-corrected chi connectivity index (χ1v) is 12.4. The van der Waals surface area contributed by atoms with Gasteiger partial charge in [-0.25, -0.2) is 4.39 Å². The van der Waals surface area contributed by atoms with Crippen molar-refractivity contribution in [2.24, 2.45) is 13.0 Å². The third kappa shape index (κ3) is 4.60. The molecule has 0 spiro atoms. The van der Waals surface area contributed by atoms with Gasteiger partial charge in [-0.3, -0.25) is 14.4 Å². The third-order valence-electron chi connectivity index (χ3n) is 5.78. The Hall–Kier alpha value is -2.54. The van der Waals surface area contributed by atoms with Gasteiger partial charge >= 0.3 is 11.8 Å². The molecule has 12 heteroatoms. The minimum atomic E-state index is -1.61. The Balaban J connectivity index is 1.56. The molecular weight excluding hydrogens is 469 g/mol. The number of amides is 3. The van der Waals surface area contributed by atoms with Crippen LogP contribution in [0, 0.1) is 18.7 Å². The maximum Gasteiger partial charge on any atom is 0.311 e. The standard InChI is InChI=1S/C21H24FN5O4S2/c1-11-6-13(4-5-14(11)22)24-19(28)17-18-16(9-26(17)3)33(31)25-15-8-27(7-12(15)10-32-18)21(30)20(29)23-2/h4-6,9,12,15,25H,7-8,10H2,1-3H3,(H,23,29)(H,24,28). The topological polar surface area (TPSA) is 119 Å². The van der Waals surface area contributed by atoms with Gasteiger partial charge in [-0.15, -0.1) is 16.5 Å². The molecule has 3 unspecified atom stereocenters. The highest BCUT2D eigenvalue weighted by Crippen LogP contribution is 2.37. The summed E-state index contributed by atoms with van der Waals surface area (Å²) in [6.45, 7) is 2.25. The van der Waals surface area contributed by atoms with Crippen molar-refractivity contribution < 1.29 is 23.3 Å². The number of hydrogen-bond acceptors (Lipinski definition) is 6. The molecule has 1 aromatic heterocycles. The molecule has 2 aromatic rings. The first kappa shape index (κ1) is 23.6. The molecule has 3 atom stereocenters. The van der Waals surface area contributed by atoms with Crippen LogP contribution in [0.3, 0.4) is 0 Å². The van der Waals surface area contributed by atoms with Gasteiger partial charge in [-0.1, -0.05) is 0 Å². The van der Waals surface area contributed by atoms with E-state index in [-0.39, 0.29) is 24.3 Å². The largest absolute Gasteiger partial charge is 0.593 e. The van der Waals surface area contributed by atoms with Crippen LogP contribution < -0.4 is 15.4 Å². The van der Waals surface area contributed by atoms with Crippen molar-refractivity contribution in [3.05, 3.63) is 41.5 Å². The number of halogens is 1. The van der Waals surface area contributed by atoms with Gasteiger partial charge in [-0.2, -0.15) is 0 Å². The highest BCUT2D eigenvalue weighted by atomic mass is 32.2. The zero-order valence-electron chi connectivity index (χ0n) is 18.3. The minimum absolute atomic E-state index is 0.0448. The normalized spacial score (nSPS) is 22.1. The summed E-state index contributed by atoms with van der Waals surface area (Å²) in [4.78, 5) is 39.6. The predicted molar refractivity (Wildman–Crippen MR) is 123 cm³/mol. The third-order valence-corrected chi connectivity index (χ3v) is 8.43. The van der Waals surface area contributed by atoms with E-state index in [0.717, 1.165) is 0 Å². The van der Waals surface area contributed by atoms with Crippen molar-refractivity contribution >= 4 is 46.5 Å². The van der Waals surface area contributed by atoms with E-state index in [1.165, 1.54) is 35.8 Å². The van der Waals surface area contributed by atoms with Gasteiger partial charge in [0.25, 0.3) is 5.91 Å². The molecule has 33 heavy (non-hydrogen) atoms. The van der Waals surface area contributed by atoms with Crippen molar-refractivity contribution in [3.63, 3.8) is 0 Å². The summed E-state index contributed by atoms with van der Waals surface area (Å²) < 4.78 is 31.4. The number of nitrogens with one attached hydrogen (secondary N) is 3. The monoisotopic (exact) mass is 493 g/mol. The molecule has 3 N–H and O–H groups in total. The van der Waals surface area contributed by atoms with Crippen LogP contribution in [0.2, 0.25) is 0 Å². The van der Waals surface area contributed by atoms with Gasteiger partial charge < -0.3 is 24.7 Å². The number of benzene rings is 1. The summed E-state index contributed by atoms with van der Waals surface area (Å²) in [5.74, 6) is -1.53. The maximum atomic E-state index is 13.6. The van der Waals surface area contributed by atoms with Crippen LogP contribution in [-0.2, 0) is 28.0 Å². The number of hydrogen-bond donors (Lipinski definition) is 3. The zero-order valence-corrected chi connectivity index (χ0v) is 19.9. The number of nitrogens with zero attached hydrogens (tertiary/aromatic N) is 2. The van der Waals surface area contributed by atoms with Crippen LogP contribution in [0.5, 0.6) is 0 Å². The number of fused-ring (bicyclic) bond motifs is 2. The molecule has 0 bridgehead atoms. The van der Waals surface area contributed by atoms with Crippen LogP contribution in [0.4, 0.5) is 10.1 Å². The number of likely N-dealkylation sites (N-methyl/N-ethyl adjacent to an activating group) is 1. The Morgan fingerprint density at radius 3 is 2.76 bits per heavy atom. The highest BCUT2D eigenvalue weighted by molar-refractivity contribution is 8.00. The van der Waals surface area contributed by atoms with Gasteiger partial charge in [0.05, 0.1) is 28.5 Å². The Kier molecular flexibility index (Phi) is 6.71. The second-order valence-corrected chi connectivity index (χ2v) is 10.3. The Labute approximate surface area is 197 Å². The number of carbonyl (C=O) groups is 3. The van der Waals surface area contributed by atoms with E-state index in [0.29, 0.717) is 39.0 Å². The number of anilines is 1. The Morgan fingerprint density at radius 1 is 1.30 bits per heavy atom. The Bertz CT molecular complexity index is 1120. The number of carbonyl (C=O) groups excluding carboxylic acids is 3. The summed E-state index contributed by atoms with van der Waals surface area (Å²) in [6.07, 6.45) is 1.65. The van der Waals surface area contributed by atoms with E-state index in [1.54, 1.807) is 30.8 Å². The SMILES string of the molecule is CNC(=O)C(=O)N1CC2CSc3c(cn(C)c3C(=O)Nc3ccc(F)c(C)c3)[S+]([O-])NC2C1. The Morgan fingerprint density at radius 2 is 2.06 bits per heavy atom. The van der Waals surface area contributed by atoms with Crippen molar-refractivity contribution in [2.75, 3.05) is 31.2 Å². The molecule has 3 heterocycles. The zero-order chi connectivity index (χ0) is 23.9. The molecule has 1 fully saturated rings. The molecule has 1 saturated heterocycles. The summed E-state index contributed by atoms with van der Waals surface area (Å²) in [6, 6.07) is 4.09. The van der Waals surface area contributed by atoms with E-state index in [2.05, 4.69) is 15.4 Å². The second kappa shape index (κ2) is 9.37. The van der Waals surface area contributed by atoms with Gasteiger partial charge in [-0.05, 0) is 30.7 Å². The molecule has 4 rings (SSSR count). The number of thioether (sulfide) groups is 1. The fourth-order valence-electron chi connectivity index (χ4n) is 4.00. The molecule has 3 amide bonds. The average molecular weight is 494 g/mol. The lowest BCUT2D eigenvalue weighted by Gasteiger charge is -2.23. The molecule has 2 aliphatic heterocycles. The van der Waals surface area contributed by atoms with Crippen molar-refractivity contribution in [3.8, 4) is 0 Å². The van der Waals surface area contributed by atoms with Crippen molar-refractivity contribution in [1.29, 1.82) is 0 Å². The predicted octanol–water partition coefficient (Wildman–Crippen LogP) is 1.02. The molecule has 176 valence electrons. The minimum Gasteiger partial charge on any atom is -0.593 e. The molecule has 9 nitrogen and oxygen atoms in total. The first-order valence-electron chi connectivity index (χ1n) is 10.3. The van der Waals surface area contributed by atoms with Crippen LogP contribution in [0.25, 0.3) is 0 Å². The van der Waals surface area contributed by atoms with Gasteiger partial charge in [0.2, 0.25) is 4.90 Å². The quantitative estimate of drug-likeness (QED) is 0.425. The lowest BCUT2D eigenvalue weighted by Crippen LogP contribution is -2.44. The summed E-state index contributed by atoms with van der Waals surface area (Å²) in [5, 5.41) is 5.12. The van der Waals surface area contributed by atoms with Gasteiger partial charge in [0, 0.05) is 44.5 Å². The van der Waals surface area contributed by atoms with Crippen molar-refractivity contribution in [1.82, 2.24) is 19.5 Å².